The van der Waals surface area contributed by atoms with Crippen LogP contribution in [0.4, 0.5) is 0 Å². The summed E-state index contributed by atoms with van der Waals surface area (Å²) in [6.07, 6.45) is 0.975. The number of hydrogen-bond acceptors (Lipinski definition) is 4. The molecule has 1 aromatic rings. The SMILES string of the molecule is CCC(C)(C)OCC(NC)c1ccc(OC)cc1OC. The van der Waals surface area contributed by atoms with Gasteiger partial charge in [-0.15, -0.1) is 0 Å². The summed E-state index contributed by atoms with van der Waals surface area (Å²) < 4.78 is 16.7. The van der Waals surface area contributed by atoms with Crippen molar-refractivity contribution in [1.29, 1.82) is 0 Å². The van der Waals surface area contributed by atoms with Crippen LogP contribution in [0.2, 0.25) is 0 Å². The minimum atomic E-state index is -0.116. The fourth-order valence-corrected chi connectivity index (χ4v) is 1.85. The Kier molecular flexibility index (Phi) is 6.30. The second kappa shape index (κ2) is 7.50. The molecule has 0 fully saturated rings. The van der Waals surface area contributed by atoms with Crippen LogP contribution in [-0.2, 0) is 4.74 Å². The minimum Gasteiger partial charge on any atom is -0.497 e. The van der Waals surface area contributed by atoms with Gasteiger partial charge in [-0.3, -0.25) is 0 Å². The van der Waals surface area contributed by atoms with Gasteiger partial charge in [-0.1, -0.05) is 6.92 Å². The lowest BCUT2D eigenvalue weighted by Gasteiger charge is -2.27. The first-order valence-electron chi connectivity index (χ1n) is 7.00. The van der Waals surface area contributed by atoms with Crippen LogP contribution in [0.1, 0.15) is 38.8 Å². The standard InChI is InChI=1S/C16H27NO3/c1-7-16(2,3)20-11-14(17-4)13-9-8-12(18-5)10-15(13)19-6/h8-10,14,17H,7,11H2,1-6H3. The molecule has 1 rings (SSSR count). The quantitative estimate of drug-likeness (QED) is 0.794. The summed E-state index contributed by atoms with van der Waals surface area (Å²) in [5.41, 5.74) is 0.956. The van der Waals surface area contributed by atoms with Gasteiger partial charge in [0.15, 0.2) is 0 Å². The fraction of sp³-hybridized carbons (Fsp3) is 0.625. The van der Waals surface area contributed by atoms with E-state index >= 15 is 0 Å². The number of methoxy groups -OCH3 is 2. The van der Waals surface area contributed by atoms with Crippen LogP contribution >= 0.6 is 0 Å². The van der Waals surface area contributed by atoms with Crippen molar-refractivity contribution in [3.05, 3.63) is 23.8 Å². The molecule has 1 unspecified atom stereocenters. The highest BCUT2D eigenvalue weighted by Gasteiger charge is 2.21. The summed E-state index contributed by atoms with van der Waals surface area (Å²) in [5, 5.41) is 3.28. The summed E-state index contributed by atoms with van der Waals surface area (Å²) in [6.45, 7) is 6.93. The highest BCUT2D eigenvalue weighted by atomic mass is 16.5. The van der Waals surface area contributed by atoms with E-state index in [9.17, 15) is 0 Å². The average Bonchev–Trinajstić information content (AvgIpc) is 2.47. The molecule has 0 saturated carbocycles. The summed E-state index contributed by atoms with van der Waals surface area (Å²) in [7, 11) is 5.25. The van der Waals surface area contributed by atoms with Crippen molar-refractivity contribution in [1.82, 2.24) is 5.32 Å². The van der Waals surface area contributed by atoms with E-state index in [1.807, 2.05) is 25.2 Å². The second-order valence-electron chi connectivity index (χ2n) is 5.37. The number of likely N-dealkylation sites (N-methyl/N-ethyl adjacent to an activating group) is 1. The number of hydrogen-bond donors (Lipinski definition) is 1. The number of nitrogens with one attached hydrogen (secondary N) is 1. The summed E-state index contributed by atoms with van der Waals surface area (Å²) in [5.74, 6) is 1.59. The number of ether oxygens (including phenoxy) is 3. The third kappa shape index (κ3) is 4.39. The van der Waals surface area contributed by atoms with Gasteiger partial charge in [0, 0.05) is 11.6 Å². The summed E-state index contributed by atoms with van der Waals surface area (Å²) >= 11 is 0. The zero-order valence-electron chi connectivity index (χ0n) is 13.4. The normalized spacial score (nSPS) is 13.1. The Labute approximate surface area is 122 Å². The Morgan fingerprint density at radius 2 is 1.90 bits per heavy atom. The lowest BCUT2D eigenvalue weighted by Crippen LogP contribution is -2.30. The first-order valence-corrected chi connectivity index (χ1v) is 7.00. The first kappa shape index (κ1) is 16.8. The van der Waals surface area contributed by atoms with Crippen LogP contribution in [-0.4, -0.2) is 33.5 Å². The van der Waals surface area contributed by atoms with Gasteiger partial charge in [-0.2, -0.15) is 0 Å². The zero-order valence-corrected chi connectivity index (χ0v) is 13.4. The minimum absolute atomic E-state index is 0.0849. The molecule has 0 aliphatic rings. The van der Waals surface area contributed by atoms with E-state index in [0.717, 1.165) is 23.5 Å². The average molecular weight is 281 g/mol. The van der Waals surface area contributed by atoms with Crippen LogP contribution in [0.15, 0.2) is 18.2 Å². The molecule has 4 nitrogen and oxygen atoms in total. The van der Waals surface area contributed by atoms with Crippen molar-refractivity contribution in [3.8, 4) is 11.5 Å². The van der Waals surface area contributed by atoms with Gasteiger partial charge in [0.2, 0.25) is 0 Å². The van der Waals surface area contributed by atoms with Crippen molar-refractivity contribution < 1.29 is 14.2 Å². The molecule has 0 aliphatic carbocycles. The lowest BCUT2D eigenvalue weighted by molar-refractivity contribution is -0.0302. The van der Waals surface area contributed by atoms with E-state index in [0.29, 0.717) is 6.61 Å². The molecule has 114 valence electrons. The Morgan fingerprint density at radius 1 is 1.20 bits per heavy atom. The van der Waals surface area contributed by atoms with Gasteiger partial charge in [0.1, 0.15) is 11.5 Å². The van der Waals surface area contributed by atoms with E-state index in [2.05, 4.69) is 26.1 Å². The van der Waals surface area contributed by atoms with Crippen molar-refractivity contribution in [2.45, 2.75) is 38.8 Å². The smallest absolute Gasteiger partial charge is 0.127 e. The van der Waals surface area contributed by atoms with Crippen molar-refractivity contribution in [2.24, 2.45) is 0 Å². The largest absolute Gasteiger partial charge is 0.497 e. The number of rotatable bonds is 8. The molecule has 1 atom stereocenters. The van der Waals surface area contributed by atoms with E-state index < -0.39 is 0 Å². The Morgan fingerprint density at radius 3 is 2.40 bits per heavy atom. The van der Waals surface area contributed by atoms with Gasteiger partial charge in [-0.25, -0.2) is 0 Å². The number of benzene rings is 1. The second-order valence-corrected chi connectivity index (χ2v) is 5.37. The topological polar surface area (TPSA) is 39.7 Å². The Bertz CT molecular complexity index is 418. The molecule has 1 aromatic carbocycles. The van der Waals surface area contributed by atoms with Crippen LogP contribution in [0, 0.1) is 0 Å². The van der Waals surface area contributed by atoms with Crippen molar-refractivity contribution in [3.63, 3.8) is 0 Å². The summed E-state index contributed by atoms with van der Waals surface area (Å²) in [4.78, 5) is 0. The maximum absolute atomic E-state index is 5.99. The van der Waals surface area contributed by atoms with Gasteiger partial charge in [0.25, 0.3) is 0 Å². The van der Waals surface area contributed by atoms with Gasteiger partial charge in [0.05, 0.1) is 32.5 Å². The molecular formula is C16H27NO3. The molecule has 4 heteroatoms. The van der Waals surface area contributed by atoms with Crippen molar-refractivity contribution in [2.75, 3.05) is 27.9 Å². The van der Waals surface area contributed by atoms with Gasteiger partial charge in [-0.05, 0) is 39.4 Å². The lowest BCUT2D eigenvalue weighted by atomic mass is 10.0. The molecular weight excluding hydrogens is 254 g/mol. The van der Waals surface area contributed by atoms with Crippen LogP contribution in [0.5, 0.6) is 11.5 Å². The molecule has 0 radical (unpaired) electrons. The predicted molar refractivity (Wildman–Crippen MR) is 81.7 cm³/mol. The maximum atomic E-state index is 5.99. The maximum Gasteiger partial charge on any atom is 0.127 e. The highest BCUT2D eigenvalue weighted by Crippen LogP contribution is 2.30. The molecule has 0 heterocycles. The van der Waals surface area contributed by atoms with E-state index in [-0.39, 0.29) is 11.6 Å². The Hall–Kier alpha value is -1.26. The van der Waals surface area contributed by atoms with Crippen LogP contribution in [0.3, 0.4) is 0 Å². The Balaban J connectivity index is 2.89. The van der Waals surface area contributed by atoms with Crippen LogP contribution < -0.4 is 14.8 Å². The van der Waals surface area contributed by atoms with Crippen LogP contribution in [0.25, 0.3) is 0 Å². The fourth-order valence-electron chi connectivity index (χ4n) is 1.85. The highest BCUT2D eigenvalue weighted by molar-refractivity contribution is 5.42. The molecule has 20 heavy (non-hydrogen) atoms. The van der Waals surface area contributed by atoms with Gasteiger partial charge >= 0.3 is 0 Å². The van der Waals surface area contributed by atoms with E-state index in [4.69, 9.17) is 14.2 Å². The molecule has 0 aliphatic heterocycles. The molecule has 1 N–H and O–H groups in total. The zero-order chi connectivity index (χ0) is 15.2. The first-order chi connectivity index (χ1) is 9.47. The van der Waals surface area contributed by atoms with Crippen molar-refractivity contribution >= 4 is 0 Å². The molecule has 0 saturated heterocycles. The van der Waals surface area contributed by atoms with E-state index in [1.54, 1.807) is 14.2 Å². The summed E-state index contributed by atoms with van der Waals surface area (Å²) in [6, 6.07) is 5.93. The monoisotopic (exact) mass is 281 g/mol. The molecule has 0 amide bonds. The van der Waals surface area contributed by atoms with Gasteiger partial charge < -0.3 is 19.5 Å². The third-order valence-electron chi connectivity index (χ3n) is 3.66. The molecule has 0 aromatic heterocycles. The molecule has 0 spiro atoms. The van der Waals surface area contributed by atoms with E-state index in [1.165, 1.54) is 0 Å². The third-order valence-corrected chi connectivity index (χ3v) is 3.66. The molecule has 0 bridgehead atoms. The predicted octanol–water partition coefficient (Wildman–Crippen LogP) is 3.17.